The number of hydrogen-bond donors (Lipinski definition) is 2. The highest BCUT2D eigenvalue weighted by Gasteiger charge is 2.34. The molecule has 1 aromatic heterocycles. The monoisotopic (exact) mass is 536 g/mol. The van der Waals surface area contributed by atoms with Gasteiger partial charge < -0.3 is 10.6 Å². The molecule has 2 N–H and O–H groups in total. The fraction of sp³-hybridized carbons (Fsp3) is 0.500. The number of alkyl halides is 3. The lowest BCUT2D eigenvalue weighted by atomic mass is 10.2. The number of halogens is 4. The van der Waals surface area contributed by atoms with Gasteiger partial charge in [0.15, 0.2) is 5.96 Å². The Labute approximate surface area is 191 Å². The average molecular weight is 536 g/mol. The predicted octanol–water partition coefficient (Wildman–Crippen LogP) is 3.22. The van der Waals surface area contributed by atoms with Crippen molar-refractivity contribution < 1.29 is 13.2 Å². The van der Waals surface area contributed by atoms with Crippen LogP contribution in [0.2, 0.25) is 0 Å². The summed E-state index contributed by atoms with van der Waals surface area (Å²) in [5, 5.41) is 10.8. The van der Waals surface area contributed by atoms with Crippen LogP contribution in [-0.2, 0) is 6.42 Å². The number of rotatable bonds is 7. The standard InChI is InChI=1S/C20H27F3N6.HI/c1-2-24-19(27-17-9-11-28(14-17)15-20(21,22)23)25-10-8-16-12-26-29(13-16)18-6-4-3-5-7-18;/h3-7,12-13,17H,2,8-11,14-15H2,1H3,(H2,24,25,27);1H. The Balaban J connectivity index is 0.00000320. The Morgan fingerprint density at radius 2 is 2.03 bits per heavy atom. The third-order valence-electron chi connectivity index (χ3n) is 4.69. The maximum atomic E-state index is 12.6. The van der Waals surface area contributed by atoms with Gasteiger partial charge in [-0.05, 0) is 37.5 Å². The topological polar surface area (TPSA) is 57.5 Å². The summed E-state index contributed by atoms with van der Waals surface area (Å²) in [6, 6.07) is 9.85. The van der Waals surface area contributed by atoms with Crippen molar-refractivity contribution in [3.05, 3.63) is 48.3 Å². The van der Waals surface area contributed by atoms with Crippen molar-refractivity contribution in [2.45, 2.75) is 32.0 Å². The van der Waals surface area contributed by atoms with E-state index in [-0.39, 0.29) is 30.0 Å². The van der Waals surface area contributed by atoms with Gasteiger partial charge in [0.05, 0.1) is 18.4 Å². The number of nitrogens with zero attached hydrogens (tertiary/aromatic N) is 4. The lowest BCUT2D eigenvalue weighted by Crippen LogP contribution is -2.45. The van der Waals surface area contributed by atoms with Crippen LogP contribution < -0.4 is 10.6 Å². The fourth-order valence-corrected chi connectivity index (χ4v) is 3.37. The van der Waals surface area contributed by atoms with E-state index in [1.165, 1.54) is 4.90 Å². The number of aromatic nitrogens is 2. The molecule has 0 bridgehead atoms. The SMILES string of the molecule is CCNC(=NCCc1cnn(-c2ccccc2)c1)NC1CCN(CC(F)(F)F)C1.I. The molecule has 1 aromatic carbocycles. The van der Waals surface area contributed by atoms with Crippen molar-refractivity contribution in [3.63, 3.8) is 0 Å². The van der Waals surface area contributed by atoms with Crippen LogP contribution in [0.5, 0.6) is 0 Å². The first kappa shape index (κ1) is 24.4. The van der Waals surface area contributed by atoms with Gasteiger partial charge in [-0.3, -0.25) is 9.89 Å². The van der Waals surface area contributed by atoms with E-state index >= 15 is 0 Å². The van der Waals surface area contributed by atoms with Crippen LogP contribution in [0.15, 0.2) is 47.7 Å². The van der Waals surface area contributed by atoms with E-state index in [0.717, 1.165) is 17.7 Å². The van der Waals surface area contributed by atoms with E-state index in [1.807, 2.05) is 54.3 Å². The highest BCUT2D eigenvalue weighted by atomic mass is 127. The van der Waals surface area contributed by atoms with Crippen molar-refractivity contribution in [2.75, 3.05) is 32.7 Å². The molecule has 0 saturated carbocycles. The Kier molecular flexibility index (Phi) is 9.40. The molecule has 1 fully saturated rings. The van der Waals surface area contributed by atoms with Gasteiger partial charge in [0.1, 0.15) is 0 Å². The van der Waals surface area contributed by atoms with Crippen LogP contribution in [0.4, 0.5) is 13.2 Å². The minimum absolute atomic E-state index is 0. The van der Waals surface area contributed by atoms with Gasteiger partial charge in [-0.25, -0.2) is 4.68 Å². The molecule has 2 heterocycles. The van der Waals surface area contributed by atoms with Gasteiger partial charge >= 0.3 is 6.18 Å². The minimum Gasteiger partial charge on any atom is -0.357 e. The van der Waals surface area contributed by atoms with Gasteiger partial charge in [0.25, 0.3) is 0 Å². The Morgan fingerprint density at radius 3 is 2.73 bits per heavy atom. The Morgan fingerprint density at radius 1 is 1.27 bits per heavy atom. The highest BCUT2D eigenvalue weighted by Crippen LogP contribution is 2.19. The minimum atomic E-state index is -4.16. The molecule has 1 aliphatic heterocycles. The van der Waals surface area contributed by atoms with E-state index in [2.05, 4.69) is 20.7 Å². The number of para-hydroxylation sites is 1. The van der Waals surface area contributed by atoms with Gasteiger partial charge in [0, 0.05) is 38.4 Å². The summed E-state index contributed by atoms with van der Waals surface area (Å²) < 4.78 is 39.5. The lowest BCUT2D eigenvalue weighted by molar-refractivity contribution is -0.143. The summed E-state index contributed by atoms with van der Waals surface area (Å²) in [5.41, 5.74) is 2.08. The number of aliphatic imine (C=N–C) groups is 1. The molecule has 1 saturated heterocycles. The van der Waals surface area contributed by atoms with Crippen LogP contribution in [0.25, 0.3) is 5.69 Å². The van der Waals surface area contributed by atoms with Gasteiger partial charge in [-0.1, -0.05) is 18.2 Å². The number of benzene rings is 1. The van der Waals surface area contributed by atoms with E-state index in [9.17, 15) is 13.2 Å². The maximum absolute atomic E-state index is 12.6. The molecular formula is C20H28F3IN6. The molecule has 166 valence electrons. The molecular weight excluding hydrogens is 508 g/mol. The van der Waals surface area contributed by atoms with Crippen molar-refractivity contribution in [1.82, 2.24) is 25.3 Å². The zero-order valence-electron chi connectivity index (χ0n) is 16.9. The fourth-order valence-electron chi connectivity index (χ4n) is 3.37. The molecule has 2 aromatic rings. The highest BCUT2D eigenvalue weighted by molar-refractivity contribution is 14.0. The second-order valence-corrected chi connectivity index (χ2v) is 7.12. The number of likely N-dealkylation sites (tertiary alicyclic amines) is 1. The van der Waals surface area contributed by atoms with Crippen LogP contribution in [0.3, 0.4) is 0 Å². The van der Waals surface area contributed by atoms with Crippen LogP contribution in [0, 0.1) is 0 Å². The normalized spacial score (nSPS) is 17.6. The van der Waals surface area contributed by atoms with Gasteiger partial charge in [-0.15, -0.1) is 24.0 Å². The Bertz CT molecular complexity index is 793. The maximum Gasteiger partial charge on any atom is 0.401 e. The van der Waals surface area contributed by atoms with Gasteiger partial charge in [-0.2, -0.15) is 18.3 Å². The van der Waals surface area contributed by atoms with E-state index in [0.29, 0.717) is 38.6 Å². The first-order valence-corrected chi connectivity index (χ1v) is 9.86. The zero-order valence-corrected chi connectivity index (χ0v) is 19.2. The molecule has 1 aliphatic rings. The third-order valence-corrected chi connectivity index (χ3v) is 4.69. The van der Waals surface area contributed by atoms with Crippen molar-refractivity contribution >= 4 is 29.9 Å². The quantitative estimate of drug-likeness (QED) is 0.324. The molecule has 10 heteroatoms. The number of nitrogens with one attached hydrogen (secondary N) is 2. The molecule has 3 rings (SSSR count). The third kappa shape index (κ3) is 7.78. The number of guanidine groups is 1. The van der Waals surface area contributed by atoms with Crippen LogP contribution in [-0.4, -0.2) is 65.6 Å². The summed E-state index contributed by atoms with van der Waals surface area (Å²) in [6.45, 7) is 3.17. The van der Waals surface area contributed by atoms with Crippen LogP contribution in [0.1, 0.15) is 18.9 Å². The molecule has 0 radical (unpaired) electrons. The summed E-state index contributed by atoms with van der Waals surface area (Å²) in [5.74, 6) is 0.641. The molecule has 0 amide bonds. The first-order chi connectivity index (χ1) is 13.9. The molecule has 30 heavy (non-hydrogen) atoms. The molecule has 1 unspecified atom stereocenters. The first-order valence-electron chi connectivity index (χ1n) is 9.86. The predicted molar refractivity (Wildman–Crippen MR) is 123 cm³/mol. The largest absolute Gasteiger partial charge is 0.401 e. The summed E-state index contributed by atoms with van der Waals surface area (Å²) in [6.07, 6.45) is 1.06. The average Bonchev–Trinajstić information content (AvgIpc) is 3.31. The second-order valence-electron chi connectivity index (χ2n) is 7.12. The zero-order chi connectivity index (χ0) is 20.7. The van der Waals surface area contributed by atoms with E-state index in [4.69, 9.17) is 0 Å². The lowest BCUT2D eigenvalue weighted by Gasteiger charge is -2.19. The van der Waals surface area contributed by atoms with E-state index < -0.39 is 12.7 Å². The van der Waals surface area contributed by atoms with Crippen molar-refractivity contribution in [1.29, 1.82) is 0 Å². The molecule has 0 spiro atoms. The number of hydrogen-bond acceptors (Lipinski definition) is 3. The van der Waals surface area contributed by atoms with Crippen LogP contribution >= 0.6 is 24.0 Å². The molecule has 0 aliphatic carbocycles. The molecule has 6 nitrogen and oxygen atoms in total. The van der Waals surface area contributed by atoms with Crippen molar-refractivity contribution in [2.24, 2.45) is 4.99 Å². The smallest absolute Gasteiger partial charge is 0.357 e. The van der Waals surface area contributed by atoms with Gasteiger partial charge in [0.2, 0.25) is 0 Å². The van der Waals surface area contributed by atoms with E-state index in [1.54, 1.807) is 0 Å². The van der Waals surface area contributed by atoms with Crippen molar-refractivity contribution in [3.8, 4) is 5.69 Å². The molecule has 1 atom stereocenters. The summed E-state index contributed by atoms with van der Waals surface area (Å²) >= 11 is 0. The second kappa shape index (κ2) is 11.5. The Hall–Kier alpha value is -1.82. The summed E-state index contributed by atoms with van der Waals surface area (Å²) in [7, 11) is 0. The summed E-state index contributed by atoms with van der Waals surface area (Å²) in [4.78, 5) is 6.00.